The summed E-state index contributed by atoms with van der Waals surface area (Å²) in [5.41, 5.74) is 0.240. The van der Waals surface area contributed by atoms with Crippen LogP contribution in [0.15, 0.2) is 39.7 Å². The molecule has 4 nitrogen and oxygen atoms in total. The van der Waals surface area contributed by atoms with Gasteiger partial charge >= 0.3 is 0 Å². The molecule has 1 atom stereocenters. The van der Waals surface area contributed by atoms with E-state index in [-0.39, 0.29) is 42.1 Å². The van der Waals surface area contributed by atoms with Crippen molar-refractivity contribution in [3.05, 3.63) is 59.1 Å². The molecule has 0 saturated carbocycles. The number of furan rings is 1. The lowest BCUT2D eigenvalue weighted by Gasteiger charge is -2.16. The van der Waals surface area contributed by atoms with E-state index in [1.165, 1.54) is 0 Å². The third-order valence-corrected chi connectivity index (χ3v) is 3.22. The van der Waals surface area contributed by atoms with Crippen molar-refractivity contribution in [2.75, 3.05) is 7.05 Å². The van der Waals surface area contributed by atoms with Crippen LogP contribution in [0, 0.1) is 18.6 Å². The average molecular weight is 435 g/mol. The standard InChI is InChI=1S/C16H19F2N3O.HI/c1-10-4-7-15(22-10)11(2)21-16(19-3)20-9-12-8-13(17)5-6-14(12)18;/h4-8,11H,9H2,1-3H3,(H2,19,20,21);1H. The Morgan fingerprint density at radius 3 is 2.61 bits per heavy atom. The highest BCUT2D eigenvalue weighted by molar-refractivity contribution is 14.0. The Morgan fingerprint density at radius 2 is 2.00 bits per heavy atom. The SMILES string of the molecule is CN=C(NCc1cc(F)ccc1F)NC(C)c1ccc(C)o1.I. The molecule has 23 heavy (non-hydrogen) atoms. The van der Waals surface area contributed by atoms with Crippen molar-refractivity contribution < 1.29 is 13.2 Å². The van der Waals surface area contributed by atoms with Crippen molar-refractivity contribution in [1.29, 1.82) is 0 Å². The zero-order valence-corrected chi connectivity index (χ0v) is 15.5. The van der Waals surface area contributed by atoms with Gasteiger partial charge in [-0.15, -0.1) is 24.0 Å². The number of rotatable bonds is 4. The maximum absolute atomic E-state index is 13.6. The van der Waals surface area contributed by atoms with Crippen LogP contribution in [0.4, 0.5) is 8.78 Å². The van der Waals surface area contributed by atoms with E-state index in [4.69, 9.17) is 4.42 Å². The first-order valence-electron chi connectivity index (χ1n) is 6.97. The van der Waals surface area contributed by atoms with Crippen LogP contribution in [0.25, 0.3) is 0 Å². The van der Waals surface area contributed by atoms with Crippen LogP contribution in [0.3, 0.4) is 0 Å². The summed E-state index contributed by atoms with van der Waals surface area (Å²) < 4.78 is 32.2. The summed E-state index contributed by atoms with van der Waals surface area (Å²) in [5.74, 6) is 1.15. The first-order valence-corrected chi connectivity index (χ1v) is 6.97. The van der Waals surface area contributed by atoms with Crippen LogP contribution in [0.1, 0.15) is 30.0 Å². The Labute approximate surface area is 151 Å². The average Bonchev–Trinajstić information content (AvgIpc) is 2.93. The summed E-state index contributed by atoms with van der Waals surface area (Å²) in [4.78, 5) is 4.06. The molecule has 2 N–H and O–H groups in total. The summed E-state index contributed by atoms with van der Waals surface area (Å²) in [5, 5.41) is 6.08. The van der Waals surface area contributed by atoms with E-state index >= 15 is 0 Å². The zero-order chi connectivity index (χ0) is 16.1. The second-order valence-electron chi connectivity index (χ2n) is 4.98. The maximum atomic E-state index is 13.6. The van der Waals surface area contributed by atoms with Gasteiger partial charge in [-0.3, -0.25) is 4.99 Å². The number of nitrogens with zero attached hydrogens (tertiary/aromatic N) is 1. The summed E-state index contributed by atoms with van der Waals surface area (Å²) in [7, 11) is 1.61. The van der Waals surface area contributed by atoms with E-state index in [2.05, 4.69) is 15.6 Å². The second kappa shape index (κ2) is 8.85. The first kappa shape index (κ1) is 19.4. The molecule has 0 bridgehead atoms. The van der Waals surface area contributed by atoms with E-state index in [9.17, 15) is 8.78 Å². The third-order valence-electron chi connectivity index (χ3n) is 3.22. The molecule has 0 saturated heterocycles. The van der Waals surface area contributed by atoms with Gasteiger partial charge in [0.1, 0.15) is 23.2 Å². The van der Waals surface area contributed by atoms with Gasteiger partial charge in [-0.1, -0.05) is 0 Å². The number of halogens is 3. The van der Waals surface area contributed by atoms with E-state index in [1.54, 1.807) is 7.05 Å². The van der Waals surface area contributed by atoms with Gasteiger partial charge in [0.2, 0.25) is 0 Å². The van der Waals surface area contributed by atoms with Crippen molar-refractivity contribution in [3.8, 4) is 0 Å². The number of aryl methyl sites for hydroxylation is 1. The van der Waals surface area contributed by atoms with Crippen molar-refractivity contribution >= 4 is 29.9 Å². The Hall–Kier alpha value is -1.64. The predicted octanol–water partition coefficient (Wildman–Crippen LogP) is 3.91. The molecule has 0 aliphatic rings. The Bertz CT molecular complexity index is 673. The van der Waals surface area contributed by atoms with Gasteiger partial charge in [-0.2, -0.15) is 0 Å². The molecular weight excluding hydrogens is 415 g/mol. The van der Waals surface area contributed by atoms with Gasteiger partial charge in [0.05, 0.1) is 6.04 Å². The minimum absolute atomic E-state index is 0. The molecule has 126 valence electrons. The third kappa shape index (κ3) is 5.49. The Kier molecular flexibility index (Phi) is 7.47. The fourth-order valence-corrected chi connectivity index (χ4v) is 2.01. The van der Waals surface area contributed by atoms with Gasteiger partial charge < -0.3 is 15.1 Å². The zero-order valence-electron chi connectivity index (χ0n) is 13.2. The molecule has 0 amide bonds. The Morgan fingerprint density at radius 1 is 1.26 bits per heavy atom. The van der Waals surface area contributed by atoms with Crippen molar-refractivity contribution in [3.63, 3.8) is 0 Å². The van der Waals surface area contributed by atoms with E-state index in [0.717, 1.165) is 29.7 Å². The fraction of sp³-hybridized carbons (Fsp3) is 0.312. The topological polar surface area (TPSA) is 49.6 Å². The summed E-state index contributed by atoms with van der Waals surface area (Å²) in [6, 6.07) is 7.02. The highest BCUT2D eigenvalue weighted by Crippen LogP contribution is 2.15. The number of guanidine groups is 1. The number of hydrogen-bond donors (Lipinski definition) is 2. The molecular formula is C16H20F2IN3O. The predicted molar refractivity (Wildman–Crippen MR) is 97.0 cm³/mol. The number of nitrogens with one attached hydrogen (secondary N) is 2. The number of benzene rings is 1. The van der Waals surface area contributed by atoms with Crippen LogP contribution in [-0.4, -0.2) is 13.0 Å². The minimum atomic E-state index is -0.472. The van der Waals surface area contributed by atoms with Crippen LogP contribution in [0.5, 0.6) is 0 Å². The molecule has 2 rings (SSSR count). The van der Waals surface area contributed by atoms with Gasteiger partial charge in [0.25, 0.3) is 0 Å². The van der Waals surface area contributed by atoms with Gasteiger partial charge in [-0.25, -0.2) is 8.78 Å². The quantitative estimate of drug-likeness (QED) is 0.435. The smallest absolute Gasteiger partial charge is 0.191 e. The highest BCUT2D eigenvalue weighted by atomic mass is 127. The Balaban J connectivity index is 0.00000264. The molecule has 1 aromatic heterocycles. The lowest BCUT2D eigenvalue weighted by molar-refractivity contribution is 0.441. The van der Waals surface area contributed by atoms with Crippen molar-refractivity contribution in [1.82, 2.24) is 10.6 Å². The lowest BCUT2D eigenvalue weighted by Crippen LogP contribution is -2.38. The molecule has 7 heteroatoms. The number of hydrogen-bond acceptors (Lipinski definition) is 2. The highest BCUT2D eigenvalue weighted by Gasteiger charge is 2.12. The van der Waals surface area contributed by atoms with E-state index < -0.39 is 11.6 Å². The molecule has 0 aliphatic heterocycles. The normalized spacial score (nSPS) is 12.5. The molecule has 1 aromatic carbocycles. The van der Waals surface area contributed by atoms with Crippen LogP contribution >= 0.6 is 24.0 Å². The largest absolute Gasteiger partial charge is 0.464 e. The molecule has 0 radical (unpaired) electrons. The van der Waals surface area contributed by atoms with Crippen LogP contribution < -0.4 is 10.6 Å². The van der Waals surface area contributed by atoms with Gasteiger partial charge in [-0.05, 0) is 44.2 Å². The summed E-state index contributed by atoms with van der Waals surface area (Å²) in [6.45, 7) is 3.93. The summed E-state index contributed by atoms with van der Waals surface area (Å²) >= 11 is 0. The van der Waals surface area contributed by atoms with Crippen LogP contribution in [0.2, 0.25) is 0 Å². The molecule has 0 aliphatic carbocycles. The monoisotopic (exact) mass is 435 g/mol. The van der Waals surface area contributed by atoms with E-state index in [0.29, 0.717) is 5.96 Å². The second-order valence-corrected chi connectivity index (χ2v) is 4.98. The van der Waals surface area contributed by atoms with Crippen molar-refractivity contribution in [2.24, 2.45) is 4.99 Å². The lowest BCUT2D eigenvalue weighted by atomic mass is 10.2. The van der Waals surface area contributed by atoms with Gasteiger partial charge in [0.15, 0.2) is 5.96 Å². The molecule has 1 unspecified atom stereocenters. The number of aliphatic imine (C=N–C) groups is 1. The minimum Gasteiger partial charge on any atom is -0.464 e. The van der Waals surface area contributed by atoms with E-state index in [1.807, 2.05) is 26.0 Å². The molecule has 2 aromatic rings. The molecule has 0 spiro atoms. The molecule has 1 heterocycles. The fourth-order valence-electron chi connectivity index (χ4n) is 2.01. The summed E-state index contributed by atoms with van der Waals surface area (Å²) in [6.07, 6.45) is 0. The van der Waals surface area contributed by atoms with Crippen molar-refractivity contribution in [2.45, 2.75) is 26.4 Å². The maximum Gasteiger partial charge on any atom is 0.191 e. The van der Waals surface area contributed by atoms with Crippen LogP contribution in [-0.2, 0) is 6.54 Å². The van der Waals surface area contributed by atoms with Gasteiger partial charge in [0, 0.05) is 19.2 Å². The first-order chi connectivity index (χ1) is 10.5. The molecule has 0 fully saturated rings.